The number of hydrogen-bond donors (Lipinski definition) is 1. The van der Waals surface area contributed by atoms with Crippen LogP contribution in [0.4, 0.5) is 0 Å². The predicted octanol–water partition coefficient (Wildman–Crippen LogP) is 1.96. The van der Waals surface area contributed by atoms with Crippen molar-refractivity contribution in [1.82, 2.24) is 15.2 Å². The Bertz CT molecular complexity index is 682. The van der Waals surface area contributed by atoms with Gasteiger partial charge in [-0.25, -0.2) is 4.98 Å². The molecule has 4 rings (SSSR count). The summed E-state index contributed by atoms with van der Waals surface area (Å²) in [5.74, 6) is 0.667. The second-order valence-corrected chi connectivity index (χ2v) is 6.30. The van der Waals surface area contributed by atoms with E-state index >= 15 is 0 Å². The summed E-state index contributed by atoms with van der Waals surface area (Å²) in [5, 5.41) is 4.10. The molecule has 5 heteroatoms. The van der Waals surface area contributed by atoms with Crippen LogP contribution in [0.2, 0.25) is 0 Å². The molecule has 4 heterocycles. The van der Waals surface area contributed by atoms with Gasteiger partial charge in [-0.1, -0.05) is 0 Å². The number of carbonyl (C=O) groups is 1. The molecule has 2 aromatic heterocycles. The first-order valence-corrected chi connectivity index (χ1v) is 7.56. The maximum absolute atomic E-state index is 12.4. The normalized spacial score (nSPS) is 28.0. The van der Waals surface area contributed by atoms with Gasteiger partial charge in [-0.15, -0.1) is 0 Å². The zero-order valence-electron chi connectivity index (χ0n) is 12.1. The lowest BCUT2D eigenvalue weighted by atomic mass is 9.97. The van der Waals surface area contributed by atoms with Crippen LogP contribution >= 0.6 is 0 Å². The summed E-state index contributed by atoms with van der Waals surface area (Å²) in [6.45, 7) is 5.31. The van der Waals surface area contributed by atoms with E-state index in [0.29, 0.717) is 5.69 Å². The lowest BCUT2D eigenvalue weighted by molar-refractivity contribution is 0.0904. The van der Waals surface area contributed by atoms with E-state index in [1.165, 1.54) is 19.5 Å². The summed E-state index contributed by atoms with van der Waals surface area (Å²) in [6, 6.07) is 2.07. The van der Waals surface area contributed by atoms with Gasteiger partial charge >= 0.3 is 0 Å². The van der Waals surface area contributed by atoms with Gasteiger partial charge in [-0.2, -0.15) is 0 Å². The number of carbonyl (C=O) groups excluding carboxylic acids is 1. The number of amides is 1. The molecule has 0 aliphatic carbocycles. The van der Waals surface area contributed by atoms with Gasteiger partial charge in [0.2, 0.25) is 0 Å². The number of nitrogens with one attached hydrogen (secondary N) is 1. The van der Waals surface area contributed by atoms with Crippen molar-refractivity contribution in [3.63, 3.8) is 0 Å². The Balaban J connectivity index is 1.52. The minimum atomic E-state index is -0.0787. The lowest BCUT2D eigenvalue weighted by Gasteiger charge is -2.30. The van der Waals surface area contributed by atoms with Gasteiger partial charge in [0.25, 0.3) is 5.91 Å². The number of aryl methyl sites for hydroxylation is 1. The van der Waals surface area contributed by atoms with E-state index in [0.717, 1.165) is 35.4 Å². The average Bonchev–Trinajstić information content (AvgIpc) is 3.02. The Kier molecular flexibility index (Phi) is 2.96. The van der Waals surface area contributed by atoms with E-state index in [4.69, 9.17) is 4.42 Å². The van der Waals surface area contributed by atoms with E-state index in [9.17, 15) is 4.79 Å². The van der Waals surface area contributed by atoms with E-state index in [-0.39, 0.29) is 11.9 Å². The topological polar surface area (TPSA) is 58.4 Å². The fourth-order valence-corrected chi connectivity index (χ4v) is 3.61. The summed E-state index contributed by atoms with van der Waals surface area (Å²) in [7, 11) is 0. The number of pyridine rings is 1. The molecule has 5 nitrogen and oxygen atoms in total. The maximum Gasteiger partial charge on any atom is 0.270 e. The smallest absolute Gasteiger partial charge is 0.270 e. The fourth-order valence-electron chi connectivity index (χ4n) is 3.61. The van der Waals surface area contributed by atoms with Gasteiger partial charge in [-0.3, -0.25) is 4.79 Å². The second-order valence-electron chi connectivity index (χ2n) is 6.30. The fraction of sp³-hybridized carbons (Fsp3) is 0.500. The third-order valence-corrected chi connectivity index (χ3v) is 4.69. The summed E-state index contributed by atoms with van der Waals surface area (Å²) in [4.78, 5) is 19.1. The first kappa shape index (κ1) is 12.8. The summed E-state index contributed by atoms with van der Waals surface area (Å²) in [5.41, 5.74) is 2.23. The molecule has 2 aromatic rings. The minimum Gasteiger partial charge on any atom is -0.462 e. The second kappa shape index (κ2) is 4.84. The molecule has 2 aliphatic rings. The van der Waals surface area contributed by atoms with Crippen LogP contribution in [0.1, 0.15) is 28.9 Å². The highest BCUT2D eigenvalue weighted by Gasteiger charge is 2.33. The number of fused-ring (bicyclic) bond motifs is 3. The van der Waals surface area contributed by atoms with E-state index in [1.54, 1.807) is 12.5 Å². The van der Waals surface area contributed by atoms with Gasteiger partial charge in [0, 0.05) is 24.5 Å². The Hall–Kier alpha value is -1.88. The summed E-state index contributed by atoms with van der Waals surface area (Å²) >= 11 is 0. The summed E-state index contributed by atoms with van der Waals surface area (Å²) in [6.07, 6.45) is 5.69. The zero-order valence-corrected chi connectivity index (χ0v) is 12.1. The highest BCUT2D eigenvalue weighted by Crippen LogP contribution is 2.27. The molecular formula is C16H19N3O2. The van der Waals surface area contributed by atoms with Crippen molar-refractivity contribution in [3.8, 4) is 0 Å². The van der Waals surface area contributed by atoms with Crippen LogP contribution in [0.3, 0.4) is 0 Å². The molecule has 110 valence electrons. The number of hydrogen-bond acceptors (Lipinski definition) is 4. The van der Waals surface area contributed by atoms with Crippen molar-refractivity contribution in [2.45, 2.75) is 25.8 Å². The van der Waals surface area contributed by atoms with Gasteiger partial charge in [-0.05, 0) is 43.9 Å². The van der Waals surface area contributed by atoms with Gasteiger partial charge in [0.05, 0.1) is 12.5 Å². The Morgan fingerprint density at radius 3 is 3.24 bits per heavy atom. The van der Waals surface area contributed by atoms with Crippen molar-refractivity contribution < 1.29 is 9.21 Å². The first-order valence-electron chi connectivity index (χ1n) is 7.56. The molecule has 0 spiro atoms. The molecule has 1 N–H and O–H groups in total. The predicted molar refractivity (Wildman–Crippen MR) is 79.2 cm³/mol. The lowest BCUT2D eigenvalue weighted by Crippen LogP contribution is -2.47. The molecule has 2 fully saturated rings. The number of furan rings is 1. The van der Waals surface area contributed by atoms with Crippen LogP contribution in [-0.2, 0) is 0 Å². The minimum absolute atomic E-state index is 0.0787. The first-order chi connectivity index (χ1) is 10.2. The van der Waals surface area contributed by atoms with Gasteiger partial charge in [0.15, 0.2) is 5.58 Å². The number of nitrogens with zero attached hydrogens (tertiary/aromatic N) is 2. The van der Waals surface area contributed by atoms with Crippen LogP contribution in [0, 0.1) is 12.8 Å². The molecule has 2 aliphatic heterocycles. The SMILES string of the molecule is Cc1coc2cnc(C(=O)N[C@@H]3CC4CCN(C4)C3)cc12. The van der Waals surface area contributed by atoms with Crippen LogP contribution in [0.15, 0.2) is 22.9 Å². The monoisotopic (exact) mass is 285 g/mol. The molecule has 2 saturated heterocycles. The molecule has 2 bridgehead atoms. The van der Waals surface area contributed by atoms with E-state index in [1.807, 2.05) is 13.0 Å². The van der Waals surface area contributed by atoms with E-state index in [2.05, 4.69) is 15.2 Å². The van der Waals surface area contributed by atoms with Crippen molar-refractivity contribution in [3.05, 3.63) is 29.8 Å². The molecule has 0 aromatic carbocycles. The summed E-state index contributed by atoms with van der Waals surface area (Å²) < 4.78 is 5.37. The third kappa shape index (κ3) is 2.31. The van der Waals surface area contributed by atoms with Crippen LogP contribution in [0.25, 0.3) is 11.0 Å². The quantitative estimate of drug-likeness (QED) is 0.916. The standard InChI is InChI=1S/C16H19N3O2/c1-10-9-21-15-6-17-14(5-13(10)15)16(20)18-12-4-11-2-3-19(7-11)8-12/h5-6,9,11-12H,2-4,7-8H2,1H3,(H,18,20)/t11?,12-/m1/s1. The van der Waals surface area contributed by atoms with Gasteiger partial charge in [0.1, 0.15) is 5.69 Å². The number of aromatic nitrogens is 1. The average molecular weight is 285 g/mol. The largest absolute Gasteiger partial charge is 0.462 e. The highest BCUT2D eigenvalue weighted by atomic mass is 16.3. The maximum atomic E-state index is 12.4. The van der Waals surface area contributed by atoms with Crippen molar-refractivity contribution in [1.29, 1.82) is 0 Å². The zero-order chi connectivity index (χ0) is 14.4. The molecular weight excluding hydrogens is 266 g/mol. The van der Waals surface area contributed by atoms with Crippen molar-refractivity contribution in [2.24, 2.45) is 5.92 Å². The van der Waals surface area contributed by atoms with Crippen LogP contribution in [0.5, 0.6) is 0 Å². The molecule has 1 amide bonds. The van der Waals surface area contributed by atoms with E-state index < -0.39 is 0 Å². The molecule has 0 radical (unpaired) electrons. The Morgan fingerprint density at radius 2 is 2.38 bits per heavy atom. The molecule has 2 unspecified atom stereocenters. The Morgan fingerprint density at radius 1 is 1.48 bits per heavy atom. The Labute approximate surface area is 123 Å². The van der Waals surface area contributed by atoms with Crippen molar-refractivity contribution >= 4 is 16.9 Å². The molecule has 21 heavy (non-hydrogen) atoms. The van der Waals surface area contributed by atoms with Crippen LogP contribution in [-0.4, -0.2) is 41.5 Å². The van der Waals surface area contributed by atoms with Crippen molar-refractivity contribution in [2.75, 3.05) is 19.6 Å². The molecule has 0 saturated carbocycles. The van der Waals surface area contributed by atoms with Crippen LogP contribution < -0.4 is 5.32 Å². The highest BCUT2D eigenvalue weighted by molar-refractivity contribution is 5.96. The van der Waals surface area contributed by atoms with Gasteiger partial charge < -0.3 is 14.6 Å². The number of piperidine rings is 1. The third-order valence-electron chi connectivity index (χ3n) is 4.69. The molecule has 3 atom stereocenters. The number of rotatable bonds is 2.